The molecule has 2 aromatic rings. The minimum Gasteiger partial charge on any atom is -0.366 e. The highest BCUT2D eigenvalue weighted by Crippen LogP contribution is 2.16. The molecule has 1 aromatic carbocycles. The van der Waals surface area contributed by atoms with Gasteiger partial charge in [0.1, 0.15) is 5.82 Å². The number of hydrogen-bond acceptors (Lipinski definition) is 2. The number of nitrogens with one attached hydrogen (secondary N) is 1. The van der Waals surface area contributed by atoms with Crippen molar-refractivity contribution in [3.63, 3.8) is 0 Å². The Labute approximate surface area is 109 Å². The van der Waals surface area contributed by atoms with Gasteiger partial charge in [0, 0.05) is 12.7 Å². The molecule has 1 N–H and O–H groups in total. The number of rotatable bonds is 4. The van der Waals surface area contributed by atoms with E-state index in [2.05, 4.69) is 61.4 Å². The fourth-order valence-electron chi connectivity index (χ4n) is 1.88. The summed E-state index contributed by atoms with van der Waals surface area (Å²) in [5, 5.41) is 3.37. The molecule has 0 saturated heterocycles. The first-order valence-corrected chi connectivity index (χ1v) is 6.41. The van der Waals surface area contributed by atoms with Crippen LogP contribution in [-0.2, 0) is 6.54 Å². The molecule has 0 aliphatic carbocycles. The predicted octanol–water partition coefficient (Wildman–Crippen LogP) is 4.13. The molecule has 0 unspecified atom stereocenters. The molecule has 0 aliphatic heterocycles. The largest absolute Gasteiger partial charge is 0.366 e. The Morgan fingerprint density at radius 3 is 2.44 bits per heavy atom. The molecular weight excluding hydrogens is 220 g/mol. The number of benzene rings is 1. The Hall–Kier alpha value is -1.83. The lowest BCUT2D eigenvalue weighted by Gasteiger charge is -2.09. The van der Waals surface area contributed by atoms with Gasteiger partial charge in [0.2, 0.25) is 0 Å². The predicted molar refractivity (Wildman–Crippen MR) is 76.8 cm³/mol. The summed E-state index contributed by atoms with van der Waals surface area (Å²) in [7, 11) is 0. The van der Waals surface area contributed by atoms with Crippen molar-refractivity contribution in [2.75, 3.05) is 5.32 Å². The molecule has 2 nitrogen and oxygen atoms in total. The van der Waals surface area contributed by atoms with Gasteiger partial charge in [-0.25, -0.2) is 4.98 Å². The molecule has 0 amide bonds. The van der Waals surface area contributed by atoms with E-state index >= 15 is 0 Å². The molecular formula is C16H20N2. The lowest BCUT2D eigenvalue weighted by atomic mass is 10.0. The number of nitrogens with zero attached hydrogens (tertiary/aromatic N) is 1. The van der Waals surface area contributed by atoms with E-state index in [9.17, 15) is 0 Å². The van der Waals surface area contributed by atoms with E-state index in [1.165, 1.54) is 16.7 Å². The molecule has 0 spiro atoms. The first-order valence-electron chi connectivity index (χ1n) is 6.41. The molecule has 0 radical (unpaired) electrons. The minimum atomic E-state index is 0.588. The summed E-state index contributed by atoms with van der Waals surface area (Å²) in [5.41, 5.74) is 3.84. The summed E-state index contributed by atoms with van der Waals surface area (Å²) in [4.78, 5) is 4.33. The smallest absolute Gasteiger partial charge is 0.129 e. The van der Waals surface area contributed by atoms with E-state index in [0.717, 1.165) is 12.4 Å². The third-order valence-electron chi connectivity index (χ3n) is 3.12. The Bertz CT molecular complexity index is 501. The molecule has 0 saturated carbocycles. The quantitative estimate of drug-likeness (QED) is 0.869. The summed E-state index contributed by atoms with van der Waals surface area (Å²) in [5.74, 6) is 1.55. The normalized spacial score (nSPS) is 10.7. The zero-order chi connectivity index (χ0) is 13.0. The summed E-state index contributed by atoms with van der Waals surface area (Å²) in [6.45, 7) is 7.31. The van der Waals surface area contributed by atoms with Gasteiger partial charge in [-0.15, -0.1) is 0 Å². The van der Waals surface area contributed by atoms with Crippen molar-refractivity contribution in [1.29, 1.82) is 0 Å². The third-order valence-corrected chi connectivity index (χ3v) is 3.12. The Morgan fingerprint density at radius 2 is 1.83 bits per heavy atom. The van der Waals surface area contributed by atoms with Crippen LogP contribution in [0.15, 0.2) is 42.6 Å². The molecule has 1 heterocycles. The van der Waals surface area contributed by atoms with Gasteiger partial charge in [-0.05, 0) is 35.6 Å². The summed E-state index contributed by atoms with van der Waals surface area (Å²) in [6.07, 6.45) is 1.82. The monoisotopic (exact) mass is 240 g/mol. The molecule has 0 bridgehead atoms. The van der Waals surface area contributed by atoms with Gasteiger partial charge in [-0.2, -0.15) is 0 Å². The number of aromatic nitrogens is 1. The number of pyridine rings is 1. The standard InChI is InChI=1S/C16H20N2/c1-12(2)15-8-6-14(7-9-15)11-18-16-13(3)5-4-10-17-16/h4-10,12H,11H2,1-3H3,(H,17,18). The van der Waals surface area contributed by atoms with Crippen molar-refractivity contribution in [1.82, 2.24) is 4.98 Å². The molecule has 18 heavy (non-hydrogen) atoms. The van der Waals surface area contributed by atoms with Crippen LogP contribution in [0, 0.1) is 6.92 Å². The highest BCUT2D eigenvalue weighted by molar-refractivity contribution is 5.43. The first-order chi connectivity index (χ1) is 8.66. The molecule has 94 valence electrons. The Kier molecular flexibility index (Phi) is 3.98. The van der Waals surface area contributed by atoms with E-state index < -0.39 is 0 Å². The molecule has 0 fully saturated rings. The van der Waals surface area contributed by atoms with Gasteiger partial charge >= 0.3 is 0 Å². The van der Waals surface area contributed by atoms with Crippen LogP contribution in [0.1, 0.15) is 36.5 Å². The van der Waals surface area contributed by atoms with Crippen molar-refractivity contribution in [3.05, 3.63) is 59.3 Å². The second-order valence-electron chi connectivity index (χ2n) is 4.92. The van der Waals surface area contributed by atoms with Crippen LogP contribution in [0.5, 0.6) is 0 Å². The minimum absolute atomic E-state index is 0.588. The Balaban J connectivity index is 2.00. The molecule has 1 aromatic heterocycles. The lowest BCUT2D eigenvalue weighted by molar-refractivity contribution is 0.865. The van der Waals surface area contributed by atoms with Gasteiger partial charge in [0.15, 0.2) is 0 Å². The molecule has 0 aliphatic rings. The van der Waals surface area contributed by atoms with Crippen LogP contribution in [0.3, 0.4) is 0 Å². The van der Waals surface area contributed by atoms with Crippen LogP contribution in [-0.4, -0.2) is 4.98 Å². The van der Waals surface area contributed by atoms with E-state index in [4.69, 9.17) is 0 Å². The van der Waals surface area contributed by atoms with Crippen molar-refractivity contribution in [3.8, 4) is 0 Å². The Morgan fingerprint density at radius 1 is 1.11 bits per heavy atom. The highest BCUT2D eigenvalue weighted by Gasteiger charge is 2.00. The fraction of sp³-hybridized carbons (Fsp3) is 0.312. The van der Waals surface area contributed by atoms with E-state index in [1.807, 2.05) is 12.3 Å². The highest BCUT2D eigenvalue weighted by atomic mass is 15.0. The first kappa shape index (κ1) is 12.6. The van der Waals surface area contributed by atoms with E-state index in [-0.39, 0.29) is 0 Å². The topological polar surface area (TPSA) is 24.9 Å². The van der Waals surface area contributed by atoms with Gasteiger partial charge in [-0.1, -0.05) is 44.2 Å². The fourth-order valence-corrected chi connectivity index (χ4v) is 1.88. The van der Waals surface area contributed by atoms with Crippen molar-refractivity contribution in [2.24, 2.45) is 0 Å². The zero-order valence-electron chi connectivity index (χ0n) is 11.3. The number of aryl methyl sites for hydroxylation is 1. The maximum atomic E-state index is 4.33. The summed E-state index contributed by atoms with van der Waals surface area (Å²) in [6, 6.07) is 12.8. The van der Waals surface area contributed by atoms with Crippen molar-refractivity contribution in [2.45, 2.75) is 33.2 Å². The van der Waals surface area contributed by atoms with E-state index in [0.29, 0.717) is 5.92 Å². The van der Waals surface area contributed by atoms with E-state index in [1.54, 1.807) is 0 Å². The SMILES string of the molecule is Cc1cccnc1NCc1ccc(C(C)C)cc1. The average molecular weight is 240 g/mol. The third kappa shape index (κ3) is 3.10. The average Bonchev–Trinajstić information content (AvgIpc) is 2.38. The van der Waals surface area contributed by atoms with Gasteiger partial charge in [0.05, 0.1) is 0 Å². The number of hydrogen-bond donors (Lipinski definition) is 1. The van der Waals surface area contributed by atoms with Crippen LogP contribution < -0.4 is 5.32 Å². The second kappa shape index (κ2) is 5.67. The van der Waals surface area contributed by atoms with Gasteiger partial charge in [0.25, 0.3) is 0 Å². The van der Waals surface area contributed by atoms with Crippen LogP contribution in [0.25, 0.3) is 0 Å². The van der Waals surface area contributed by atoms with Crippen LogP contribution in [0.2, 0.25) is 0 Å². The molecule has 0 atom stereocenters. The second-order valence-corrected chi connectivity index (χ2v) is 4.92. The maximum Gasteiger partial charge on any atom is 0.129 e. The van der Waals surface area contributed by atoms with Crippen LogP contribution in [0.4, 0.5) is 5.82 Å². The van der Waals surface area contributed by atoms with Gasteiger partial charge in [-0.3, -0.25) is 0 Å². The lowest BCUT2D eigenvalue weighted by Crippen LogP contribution is -2.03. The summed E-state index contributed by atoms with van der Waals surface area (Å²) >= 11 is 0. The van der Waals surface area contributed by atoms with Crippen molar-refractivity contribution < 1.29 is 0 Å². The van der Waals surface area contributed by atoms with Gasteiger partial charge < -0.3 is 5.32 Å². The molecule has 2 heteroatoms. The zero-order valence-corrected chi connectivity index (χ0v) is 11.3. The number of anilines is 1. The summed E-state index contributed by atoms with van der Waals surface area (Å²) < 4.78 is 0. The van der Waals surface area contributed by atoms with Crippen LogP contribution >= 0.6 is 0 Å². The van der Waals surface area contributed by atoms with Crippen molar-refractivity contribution >= 4 is 5.82 Å². The maximum absolute atomic E-state index is 4.33. The molecule has 2 rings (SSSR count).